The number of aromatic nitrogens is 3. The van der Waals surface area contributed by atoms with E-state index < -0.39 is 5.97 Å². The number of aromatic carboxylic acids is 1. The SMILES string of the molecule is COc1ccc(-c2nc(Nc3ccc4ncccc4c3)ncc2C(=O)O)cc1. The van der Waals surface area contributed by atoms with Crippen molar-refractivity contribution < 1.29 is 14.6 Å². The third-order valence-electron chi connectivity index (χ3n) is 4.24. The molecule has 0 unspecified atom stereocenters. The molecule has 0 aliphatic heterocycles. The van der Waals surface area contributed by atoms with Crippen molar-refractivity contribution in [3.63, 3.8) is 0 Å². The highest BCUT2D eigenvalue weighted by atomic mass is 16.5. The normalized spacial score (nSPS) is 10.6. The lowest BCUT2D eigenvalue weighted by Crippen LogP contribution is -2.06. The molecule has 0 saturated carbocycles. The molecule has 2 heterocycles. The molecular weight excluding hydrogens is 356 g/mol. The average molecular weight is 372 g/mol. The number of hydrogen-bond donors (Lipinski definition) is 2. The van der Waals surface area contributed by atoms with Crippen LogP contribution in [0.25, 0.3) is 22.2 Å². The van der Waals surface area contributed by atoms with Crippen molar-refractivity contribution in [2.75, 3.05) is 12.4 Å². The number of carboxylic acids is 1. The molecule has 0 saturated heterocycles. The Bertz CT molecular complexity index is 1160. The Labute approximate surface area is 160 Å². The lowest BCUT2D eigenvalue weighted by Gasteiger charge is -2.10. The maximum Gasteiger partial charge on any atom is 0.339 e. The van der Waals surface area contributed by atoms with Gasteiger partial charge in [0.1, 0.15) is 11.3 Å². The van der Waals surface area contributed by atoms with Crippen LogP contribution in [-0.4, -0.2) is 33.1 Å². The Kier molecular flexibility index (Phi) is 4.55. The van der Waals surface area contributed by atoms with Gasteiger partial charge in [-0.2, -0.15) is 0 Å². The third kappa shape index (κ3) is 3.45. The monoisotopic (exact) mass is 372 g/mol. The summed E-state index contributed by atoms with van der Waals surface area (Å²) in [6.45, 7) is 0. The molecular formula is C21H16N4O3. The van der Waals surface area contributed by atoms with Crippen LogP contribution in [-0.2, 0) is 0 Å². The molecule has 7 nitrogen and oxygen atoms in total. The fourth-order valence-electron chi connectivity index (χ4n) is 2.85. The van der Waals surface area contributed by atoms with Crippen molar-refractivity contribution in [3.05, 3.63) is 72.6 Å². The second-order valence-electron chi connectivity index (χ2n) is 6.03. The molecule has 0 radical (unpaired) electrons. The average Bonchev–Trinajstić information content (AvgIpc) is 2.73. The Hall–Kier alpha value is -4.00. The van der Waals surface area contributed by atoms with Crippen molar-refractivity contribution in [2.24, 2.45) is 0 Å². The second-order valence-corrected chi connectivity index (χ2v) is 6.03. The number of nitrogens with one attached hydrogen (secondary N) is 1. The summed E-state index contributed by atoms with van der Waals surface area (Å²) in [5.41, 5.74) is 2.68. The Morgan fingerprint density at radius 2 is 1.89 bits per heavy atom. The predicted molar refractivity (Wildman–Crippen MR) is 106 cm³/mol. The van der Waals surface area contributed by atoms with E-state index in [4.69, 9.17) is 4.74 Å². The van der Waals surface area contributed by atoms with Crippen LogP contribution in [0.4, 0.5) is 11.6 Å². The quantitative estimate of drug-likeness (QED) is 0.543. The minimum Gasteiger partial charge on any atom is -0.497 e. The van der Waals surface area contributed by atoms with E-state index in [1.807, 2.05) is 30.3 Å². The fraction of sp³-hybridized carbons (Fsp3) is 0.0476. The van der Waals surface area contributed by atoms with Crippen molar-refractivity contribution in [2.45, 2.75) is 0 Å². The molecule has 138 valence electrons. The molecule has 2 aromatic heterocycles. The van der Waals surface area contributed by atoms with Crippen LogP contribution in [0.2, 0.25) is 0 Å². The van der Waals surface area contributed by atoms with Gasteiger partial charge in [0.15, 0.2) is 0 Å². The van der Waals surface area contributed by atoms with Crippen LogP contribution in [0.15, 0.2) is 67.0 Å². The summed E-state index contributed by atoms with van der Waals surface area (Å²) in [6.07, 6.45) is 3.05. The molecule has 0 aliphatic rings. The van der Waals surface area contributed by atoms with Crippen LogP contribution < -0.4 is 10.1 Å². The van der Waals surface area contributed by atoms with E-state index in [9.17, 15) is 9.90 Å². The zero-order valence-electron chi connectivity index (χ0n) is 15.0. The Balaban J connectivity index is 1.71. The molecule has 7 heteroatoms. The number of carboxylic acid groups (broad SMARTS) is 1. The summed E-state index contributed by atoms with van der Waals surface area (Å²) in [7, 11) is 1.57. The third-order valence-corrected chi connectivity index (χ3v) is 4.24. The first-order chi connectivity index (χ1) is 13.6. The summed E-state index contributed by atoms with van der Waals surface area (Å²) in [5, 5.41) is 13.6. The lowest BCUT2D eigenvalue weighted by atomic mass is 10.1. The number of nitrogens with zero attached hydrogens (tertiary/aromatic N) is 3. The second kappa shape index (κ2) is 7.32. The molecule has 0 bridgehead atoms. The van der Waals surface area contributed by atoms with Gasteiger partial charge in [0.05, 0.1) is 18.3 Å². The Morgan fingerprint density at radius 1 is 1.07 bits per heavy atom. The van der Waals surface area contributed by atoms with E-state index in [-0.39, 0.29) is 5.56 Å². The van der Waals surface area contributed by atoms with Gasteiger partial charge in [-0.3, -0.25) is 4.98 Å². The summed E-state index contributed by atoms with van der Waals surface area (Å²) >= 11 is 0. The first-order valence-electron chi connectivity index (χ1n) is 8.50. The number of ether oxygens (including phenoxy) is 1. The first-order valence-corrected chi connectivity index (χ1v) is 8.50. The largest absolute Gasteiger partial charge is 0.497 e. The minimum absolute atomic E-state index is 0.0263. The van der Waals surface area contributed by atoms with E-state index in [1.54, 1.807) is 37.6 Å². The van der Waals surface area contributed by atoms with Crippen molar-refractivity contribution >= 4 is 28.5 Å². The van der Waals surface area contributed by atoms with Gasteiger partial charge in [0.25, 0.3) is 0 Å². The number of pyridine rings is 1. The smallest absolute Gasteiger partial charge is 0.339 e. The number of methoxy groups -OCH3 is 1. The highest BCUT2D eigenvalue weighted by molar-refractivity contribution is 5.94. The van der Waals surface area contributed by atoms with Gasteiger partial charge in [0.2, 0.25) is 5.95 Å². The van der Waals surface area contributed by atoms with E-state index >= 15 is 0 Å². The van der Waals surface area contributed by atoms with Crippen LogP contribution in [0.3, 0.4) is 0 Å². The van der Waals surface area contributed by atoms with Crippen molar-refractivity contribution in [1.29, 1.82) is 0 Å². The molecule has 0 spiro atoms. The summed E-state index contributed by atoms with van der Waals surface area (Å²) in [6, 6.07) is 16.6. The van der Waals surface area contributed by atoms with E-state index in [2.05, 4.69) is 20.3 Å². The van der Waals surface area contributed by atoms with E-state index in [1.165, 1.54) is 6.20 Å². The van der Waals surface area contributed by atoms with Crippen molar-refractivity contribution in [3.8, 4) is 17.0 Å². The van der Waals surface area contributed by atoms with Gasteiger partial charge in [-0.25, -0.2) is 14.8 Å². The first kappa shape index (κ1) is 17.4. The highest BCUT2D eigenvalue weighted by Crippen LogP contribution is 2.26. The molecule has 4 aromatic rings. The zero-order valence-corrected chi connectivity index (χ0v) is 15.0. The van der Waals surface area contributed by atoms with Crippen LogP contribution in [0.5, 0.6) is 5.75 Å². The van der Waals surface area contributed by atoms with Gasteiger partial charge in [-0.15, -0.1) is 0 Å². The molecule has 0 amide bonds. The van der Waals surface area contributed by atoms with Gasteiger partial charge in [0, 0.05) is 29.0 Å². The molecule has 0 fully saturated rings. The maximum absolute atomic E-state index is 11.6. The van der Waals surface area contributed by atoms with Crippen LogP contribution >= 0.6 is 0 Å². The van der Waals surface area contributed by atoms with E-state index in [0.29, 0.717) is 23.0 Å². The molecule has 0 aliphatic carbocycles. The number of benzene rings is 2. The number of rotatable bonds is 5. The zero-order chi connectivity index (χ0) is 19.5. The number of anilines is 2. The minimum atomic E-state index is -1.09. The van der Waals surface area contributed by atoms with Crippen LogP contribution in [0.1, 0.15) is 10.4 Å². The van der Waals surface area contributed by atoms with Gasteiger partial charge >= 0.3 is 5.97 Å². The number of fused-ring (bicyclic) bond motifs is 1. The maximum atomic E-state index is 11.6. The predicted octanol–water partition coefficient (Wildman–Crippen LogP) is 4.14. The molecule has 2 aromatic carbocycles. The van der Waals surface area contributed by atoms with Crippen LogP contribution in [0, 0.1) is 0 Å². The van der Waals surface area contributed by atoms with Gasteiger partial charge in [-0.05, 0) is 48.5 Å². The number of carbonyl (C=O) groups is 1. The van der Waals surface area contributed by atoms with E-state index in [0.717, 1.165) is 16.6 Å². The fourth-order valence-corrected chi connectivity index (χ4v) is 2.85. The van der Waals surface area contributed by atoms with Gasteiger partial charge in [-0.1, -0.05) is 6.07 Å². The topological polar surface area (TPSA) is 97.2 Å². The highest BCUT2D eigenvalue weighted by Gasteiger charge is 2.16. The lowest BCUT2D eigenvalue weighted by molar-refractivity contribution is 0.0697. The molecule has 2 N–H and O–H groups in total. The summed E-state index contributed by atoms with van der Waals surface area (Å²) < 4.78 is 5.15. The Morgan fingerprint density at radius 3 is 2.64 bits per heavy atom. The molecule has 0 atom stereocenters. The summed E-state index contributed by atoms with van der Waals surface area (Å²) in [4.78, 5) is 24.5. The molecule has 4 rings (SSSR count). The standard InChI is InChI=1S/C21H16N4O3/c1-28-16-7-4-13(5-8-16)19-17(20(26)27)12-23-21(25-19)24-15-6-9-18-14(11-15)3-2-10-22-18/h2-12H,1H3,(H,26,27)(H,23,24,25). The summed E-state index contributed by atoms with van der Waals surface area (Å²) in [5.74, 6) is -0.106. The van der Waals surface area contributed by atoms with Gasteiger partial charge < -0.3 is 15.2 Å². The van der Waals surface area contributed by atoms with Crippen molar-refractivity contribution in [1.82, 2.24) is 15.0 Å². The molecule has 28 heavy (non-hydrogen) atoms. The number of hydrogen-bond acceptors (Lipinski definition) is 6.